The molecule has 0 unspecified atom stereocenters. The lowest BCUT2D eigenvalue weighted by molar-refractivity contribution is 0.493. The second kappa shape index (κ2) is 7.69. The lowest BCUT2D eigenvalue weighted by Gasteiger charge is -2.25. The summed E-state index contributed by atoms with van der Waals surface area (Å²) in [6, 6.07) is 48.3. The van der Waals surface area contributed by atoms with Gasteiger partial charge in [-0.05, 0) is 71.9 Å². The maximum atomic E-state index is 6.78. The van der Waals surface area contributed by atoms with Gasteiger partial charge in [0.05, 0.1) is 0 Å². The van der Waals surface area contributed by atoms with E-state index < -0.39 is 0 Å². The zero-order valence-electron chi connectivity index (χ0n) is 21.1. The van der Waals surface area contributed by atoms with E-state index in [-0.39, 0.29) is 0 Å². The van der Waals surface area contributed by atoms with Crippen molar-refractivity contribution in [3.63, 3.8) is 0 Å². The first-order chi connectivity index (χ1) is 19.3. The van der Waals surface area contributed by atoms with Gasteiger partial charge in [0.25, 0.3) is 0 Å². The molecule has 1 aliphatic heterocycles. The van der Waals surface area contributed by atoms with E-state index in [9.17, 15) is 0 Å². The summed E-state index contributed by atoms with van der Waals surface area (Å²) in [4.78, 5) is 0. The molecule has 1 aliphatic rings. The number of rotatable bonds is 1. The standard InChI is InChI=1S/C38H22O/c1-2-9-26-23(8-1)16-17-24-22-25(18-19-27(24)26)28-20-21-35-36-31(28)14-7-15-34(36)37-32-12-5-3-10-29(32)30-11-4-6-13-33(30)38(37)39-35/h1-22H. The Hall–Kier alpha value is -5.14. The molecule has 0 atom stereocenters. The number of fused-ring (bicyclic) bond motifs is 10. The fraction of sp³-hybridized carbons (Fsp3) is 0. The molecule has 1 nitrogen and oxygen atoms in total. The fourth-order valence-electron chi connectivity index (χ4n) is 6.69. The SMILES string of the molecule is c1ccc2c(c1)ccc1cc(-c3ccc4c5c(cccc35)-c3c(c5ccccc5c5ccccc35)O4)ccc12. The smallest absolute Gasteiger partial charge is 0.143 e. The third-order valence-corrected chi connectivity index (χ3v) is 8.43. The Labute approximate surface area is 225 Å². The number of ether oxygens (including phenoxy) is 1. The minimum Gasteiger partial charge on any atom is -0.455 e. The number of hydrogen-bond acceptors (Lipinski definition) is 1. The Kier molecular flexibility index (Phi) is 4.11. The van der Waals surface area contributed by atoms with Gasteiger partial charge in [0, 0.05) is 16.3 Å². The maximum absolute atomic E-state index is 6.78. The quantitative estimate of drug-likeness (QED) is 0.206. The first kappa shape index (κ1) is 20.9. The highest BCUT2D eigenvalue weighted by Gasteiger charge is 2.26. The van der Waals surface area contributed by atoms with E-state index in [1.165, 1.54) is 70.7 Å². The van der Waals surface area contributed by atoms with Crippen LogP contribution >= 0.6 is 0 Å². The van der Waals surface area contributed by atoms with Crippen LogP contribution in [0.1, 0.15) is 0 Å². The van der Waals surface area contributed by atoms with Crippen molar-refractivity contribution in [3.05, 3.63) is 133 Å². The van der Waals surface area contributed by atoms with E-state index in [0.717, 1.165) is 16.9 Å². The molecule has 0 saturated carbocycles. The highest BCUT2D eigenvalue weighted by molar-refractivity contribution is 6.22. The van der Waals surface area contributed by atoms with Crippen molar-refractivity contribution in [3.8, 4) is 33.8 Å². The molecule has 0 bridgehead atoms. The van der Waals surface area contributed by atoms with Gasteiger partial charge in [0.15, 0.2) is 0 Å². The minimum absolute atomic E-state index is 0.920. The molecule has 0 radical (unpaired) electrons. The summed E-state index contributed by atoms with van der Waals surface area (Å²) in [5.41, 5.74) is 4.86. The summed E-state index contributed by atoms with van der Waals surface area (Å²) in [5, 5.41) is 12.4. The molecule has 39 heavy (non-hydrogen) atoms. The van der Waals surface area contributed by atoms with Gasteiger partial charge in [-0.15, -0.1) is 0 Å². The zero-order chi connectivity index (χ0) is 25.5. The molecule has 0 aromatic heterocycles. The normalized spacial score (nSPS) is 12.3. The van der Waals surface area contributed by atoms with E-state index in [1.54, 1.807) is 0 Å². The molecule has 180 valence electrons. The third kappa shape index (κ3) is 2.85. The fourth-order valence-corrected chi connectivity index (χ4v) is 6.69. The summed E-state index contributed by atoms with van der Waals surface area (Å²) < 4.78 is 6.78. The molecule has 0 saturated heterocycles. The highest BCUT2D eigenvalue weighted by atomic mass is 16.5. The Morgan fingerprint density at radius 3 is 1.92 bits per heavy atom. The van der Waals surface area contributed by atoms with Crippen LogP contribution in [0.3, 0.4) is 0 Å². The van der Waals surface area contributed by atoms with E-state index in [2.05, 4.69) is 133 Å². The lowest BCUT2D eigenvalue weighted by atomic mass is 9.86. The Morgan fingerprint density at radius 1 is 0.385 bits per heavy atom. The summed E-state index contributed by atoms with van der Waals surface area (Å²) >= 11 is 0. The molecule has 9 rings (SSSR count). The van der Waals surface area contributed by atoms with Gasteiger partial charge in [-0.2, -0.15) is 0 Å². The van der Waals surface area contributed by atoms with Crippen LogP contribution < -0.4 is 4.74 Å². The molecule has 0 spiro atoms. The minimum atomic E-state index is 0.920. The monoisotopic (exact) mass is 494 g/mol. The second-order valence-corrected chi connectivity index (χ2v) is 10.5. The topological polar surface area (TPSA) is 9.23 Å². The Balaban J connectivity index is 1.34. The van der Waals surface area contributed by atoms with Crippen LogP contribution in [0, 0.1) is 0 Å². The van der Waals surface area contributed by atoms with Crippen LogP contribution in [0.15, 0.2) is 133 Å². The van der Waals surface area contributed by atoms with Crippen molar-refractivity contribution in [2.75, 3.05) is 0 Å². The molecule has 1 heterocycles. The first-order valence-electron chi connectivity index (χ1n) is 13.4. The van der Waals surface area contributed by atoms with Crippen molar-refractivity contribution in [1.29, 1.82) is 0 Å². The highest BCUT2D eigenvalue weighted by Crippen LogP contribution is 2.53. The zero-order valence-corrected chi connectivity index (χ0v) is 21.1. The lowest BCUT2D eigenvalue weighted by Crippen LogP contribution is -2.00. The summed E-state index contributed by atoms with van der Waals surface area (Å²) in [5.74, 6) is 1.87. The van der Waals surface area contributed by atoms with E-state index >= 15 is 0 Å². The summed E-state index contributed by atoms with van der Waals surface area (Å²) in [6.45, 7) is 0. The molecular formula is C38H22O. The van der Waals surface area contributed by atoms with E-state index in [1.807, 2.05) is 0 Å². The maximum Gasteiger partial charge on any atom is 0.143 e. The predicted octanol–water partition coefficient (Wildman–Crippen LogP) is 10.9. The Bertz CT molecular complexity index is 2310. The van der Waals surface area contributed by atoms with Crippen LogP contribution in [0.2, 0.25) is 0 Å². The average molecular weight is 495 g/mol. The number of benzene rings is 8. The molecule has 0 aliphatic carbocycles. The van der Waals surface area contributed by atoms with Gasteiger partial charge in [0.2, 0.25) is 0 Å². The van der Waals surface area contributed by atoms with Crippen molar-refractivity contribution in [1.82, 2.24) is 0 Å². The van der Waals surface area contributed by atoms with E-state index in [4.69, 9.17) is 4.74 Å². The molecule has 8 aromatic carbocycles. The van der Waals surface area contributed by atoms with Gasteiger partial charge in [-0.3, -0.25) is 0 Å². The predicted molar refractivity (Wildman–Crippen MR) is 165 cm³/mol. The Morgan fingerprint density at radius 2 is 1.05 bits per heavy atom. The molecule has 1 heteroatoms. The second-order valence-electron chi connectivity index (χ2n) is 10.5. The van der Waals surface area contributed by atoms with Crippen molar-refractivity contribution in [2.24, 2.45) is 0 Å². The van der Waals surface area contributed by atoms with Gasteiger partial charge in [0.1, 0.15) is 11.5 Å². The first-order valence-corrected chi connectivity index (χ1v) is 13.4. The molecular weight excluding hydrogens is 472 g/mol. The van der Waals surface area contributed by atoms with Gasteiger partial charge < -0.3 is 4.74 Å². The molecule has 0 N–H and O–H groups in total. The number of hydrogen-bond donors (Lipinski definition) is 0. The largest absolute Gasteiger partial charge is 0.455 e. The van der Waals surface area contributed by atoms with Gasteiger partial charge >= 0.3 is 0 Å². The van der Waals surface area contributed by atoms with Crippen molar-refractivity contribution >= 4 is 53.9 Å². The van der Waals surface area contributed by atoms with Crippen LogP contribution in [0.5, 0.6) is 11.5 Å². The van der Waals surface area contributed by atoms with Crippen LogP contribution in [-0.2, 0) is 0 Å². The van der Waals surface area contributed by atoms with Crippen molar-refractivity contribution in [2.45, 2.75) is 0 Å². The van der Waals surface area contributed by atoms with Crippen LogP contribution in [0.25, 0.3) is 76.1 Å². The summed E-state index contributed by atoms with van der Waals surface area (Å²) in [7, 11) is 0. The van der Waals surface area contributed by atoms with Crippen molar-refractivity contribution < 1.29 is 4.74 Å². The van der Waals surface area contributed by atoms with Gasteiger partial charge in [-0.25, -0.2) is 0 Å². The third-order valence-electron chi connectivity index (χ3n) is 8.43. The molecule has 0 amide bonds. The molecule has 8 aromatic rings. The molecule has 0 fully saturated rings. The van der Waals surface area contributed by atoms with Crippen LogP contribution in [0.4, 0.5) is 0 Å². The summed E-state index contributed by atoms with van der Waals surface area (Å²) in [6.07, 6.45) is 0. The average Bonchev–Trinajstić information content (AvgIpc) is 3.01. The van der Waals surface area contributed by atoms with Gasteiger partial charge in [-0.1, -0.05) is 121 Å². The van der Waals surface area contributed by atoms with E-state index in [0.29, 0.717) is 0 Å². The van der Waals surface area contributed by atoms with Crippen LogP contribution in [-0.4, -0.2) is 0 Å².